The van der Waals surface area contributed by atoms with E-state index in [9.17, 15) is 4.79 Å². The molecule has 0 aromatic heterocycles. The van der Waals surface area contributed by atoms with Gasteiger partial charge in [0.05, 0.1) is 6.04 Å². The van der Waals surface area contributed by atoms with Crippen LogP contribution in [-0.2, 0) is 4.79 Å². The summed E-state index contributed by atoms with van der Waals surface area (Å²) >= 11 is 0. The van der Waals surface area contributed by atoms with E-state index in [2.05, 4.69) is 36.9 Å². The molecule has 0 aliphatic carbocycles. The topological polar surface area (TPSA) is 49.6 Å². The summed E-state index contributed by atoms with van der Waals surface area (Å²) in [7, 11) is 0. The zero-order valence-electron chi connectivity index (χ0n) is 12.4. The van der Waals surface area contributed by atoms with Gasteiger partial charge in [-0.05, 0) is 38.0 Å². The first-order chi connectivity index (χ1) is 8.99. The third-order valence-corrected chi connectivity index (χ3v) is 3.69. The van der Waals surface area contributed by atoms with Crippen molar-refractivity contribution in [1.82, 2.24) is 4.90 Å². The van der Waals surface area contributed by atoms with Gasteiger partial charge in [-0.15, -0.1) is 12.4 Å². The van der Waals surface area contributed by atoms with E-state index < -0.39 is 6.04 Å². The van der Waals surface area contributed by atoms with Gasteiger partial charge in [-0.3, -0.25) is 4.79 Å². The van der Waals surface area contributed by atoms with Gasteiger partial charge in [0.1, 0.15) is 0 Å². The first kappa shape index (κ1) is 16.8. The molecular formula is C15H24ClN3O. The second-order valence-electron chi connectivity index (χ2n) is 5.39. The number of nitrogens with two attached hydrogens (primary N) is 1. The molecule has 1 aliphatic rings. The summed E-state index contributed by atoms with van der Waals surface area (Å²) in [6.07, 6.45) is 0. The quantitative estimate of drug-likeness (QED) is 0.904. The van der Waals surface area contributed by atoms with Crippen LogP contribution >= 0.6 is 12.4 Å². The number of amides is 1. The molecule has 4 nitrogen and oxygen atoms in total. The Morgan fingerprint density at radius 1 is 1.20 bits per heavy atom. The van der Waals surface area contributed by atoms with Crippen molar-refractivity contribution in [1.29, 1.82) is 0 Å². The number of carbonyl (C=O) groups excluding carboxylic acids is 1. The summed E-state index contributed by atoms with van der Waals surface area (Å²) < 4.78 is 0. The van der Waals surface area contributed by atoms with E-state index in [-0.39, 0.29) is 18.3 Å². The Kier molecular flexibility index (Phi) is 5.84. The van der Waals surface area contributed by atoms with Crippen LogP contribution < -0.4 is 10.6 Å². The third-order valence-electron chi connectivity index (χ3n) is 3.69. The Morgan fingerprint density at radius 3 is 2.35 bits per heavy atom. The maximum atomic E-state index is 11.8. The van der Waals surface area contributed by atoms with Crippen molar-refractivity contribution in [3.8, 4) is 0 Å². The van der Waals surface area contributed by atoms with E-state index in [0.717, 1.165) is 26.2 Å². The van der Waals surface area contributed by atoms with Gasteiger partial charge in [-0.2, -0.15) is 0 Å². The molecule has 1 aromatic carbocycles. The van der Waals surface area contributed by atoms with E-state index in [4.69, 9.17) is 5.73 Å². The molecule has 0 saturated carbocycles. The number of hydrogen-bond donors (Lipinski definition) is 1. The highest BCUT2D eigenvalue weighted by Crippen LogP contribution is 2.22. The molecule has 1 amide bonds. The minimum atomic E-state index is -0.396. The Hall–Kier alpha value is -1.26. The number of nitrogens with zero attached hydrogens (tertiary/aromatic N) is 2. The molecule has 2 N–H and O–H groups in total. The predicted octanol–water partition coefficient (Wildman–Crippen LogP) is 1.72. The van der Waals surface area contributed by atoms with Crippen molar-refractivity contribution in [3.05, 3.63) is 29.3 Å². The maximum Gasteiger partial charge on any atom is 0.239 e. The lowest BCUT2D eigenvalue weighted by Gasteiger charge is -2.37. The van der Waals surface area contributed by atoms with E-state index in [1.54, 1.807) is 6.92 Å². The molecule has 0 spiro atoms. The van der Waals surface area contributed by atoms with Gasteiger partial charge in [0.25, 0.3) is 0 Å². The SMILES string of the molecule is Cc1ccc(C)c(N2CCN(C(=O)[C@@H](C)N)CC2)c1.Cl. The van der Waals surface area contributed by atoms with Crippen LogP contribution in [0.4, 0.5) is 5.69 Å². The molecule has 1 fully saturated rings. The summed E-state index contributed by atoms with van der Waals surface area (Å²) in [6, 6.07) is 6.12. The molecule has 0 radical (unpaired) electrons. The van der Waals surface area contributed by atoms with Gasteiger partial charge in [-0.1, -0.05) is 12.1 Å². The van der Waals surface area contributed by atoms with E-state index in [1.165, 1.54) is 16.8 Å². The zero-order chi connectivity index (χ0) is 14.0. The highest BCUT2D eigenvalue weighted by Gasteiger charge is 2.23. The lowest BCUT2D eigenvalue weighted by atomic mass is 10.1. The molecule has 1 saturated heterocycles. The smallest absolute Gasteiger partial charge is 0.239 e. The fraction of sp³-hybridized carbons (Fsp3) is 0.533. The largest absolute Gasteiger partial charge is 0.368 e. The van der Waals surface area contributed by atoms with E-state index in [0.29, 0.717) is 0 Å². The van der Waals surface area contributed by atoms with Gasteiger partial charge >= 0.3 is 0 Å². The number of hydrogen-bond acceptors (Lipinski definition) is 3. The van der Waals surface area contributed by atoms with Crippen molar-refractivity contribution in [2.75, 3.05) is 31.1 Å². The Morgan fingerprint density at radius 2 is 1.80 bits per heavy atom. The van der Waals surface area contributed by atoms with Gasteiger partial charge in [0.15, 0.2) is 0 Å². The molecule has 1 aromatic rings. The zero-order valence-corrected chi connectivity index (χ0v) is 13.2. The molecule has 112 valence electrons. The number of anilines is 1. The molecular weight excluding hydrogens is 274 g/mol. The van der Waals surface area contributed by atoms with Crippen molar-refractivity contribution in [2.45, 2.75) is 26.8 Å². The minimum Gasteiger partial charge on any atom is -0.368 e. The van der Waals surface area contributed by atoms with Crippen molar-refractivity contribution >= 4 is 24.0 Å². The van der Waals surface area contributed by atoms with E-state index in [1.807, 2.05) is 4.90 Å². The minimum absolute atomic E-state index is 0. The summed E-state index contributed by atoms with van der Waals surface area (Å²) in [5.74, 6) is 0.0561. The number of rotatable bonds is 2. The number of halogens is 1. The molecule has 20 heavy (non-hydrogen) atoms. The highest BCUT2D eigenvalue weighted by molar-refractivity contribution is 5.85. The van der Waals surface area contributed by atoms with Crippen LogP contribution in [0, 0.1) is 13.8 Å². The maximum absolute atomic E-state index is 11.8. The van der Waals surface area contributed by atoms with Gasteiger partial charge in [0.2, 0.25) is 5.91 Å². The fourth-order valence-corrected chi connectivity index (χ4v) is 2.52. The van der Waals surface area contributed by atoms with Crippen LogP contribution in [0.25, 0.3) is 0 Å². The Balaban J connectivity index is 0.00000200. The standard InChI is InChI=1S/C15H23N3O.ClH/c1-11-4-5-12(2)14(10-11)17-6-8-18(9-7-17)15(19)13(3)16;/h4-5,10,13H,6-9,16H2,1-3H3;1H/t13-;/m1./s1. The molecule has 1 heterocycles. The first-order valence-electron chi connectivity index (χ1n) is 6.85. The van der Waals surface area contributed by atoms with Crippen LogP contribution in [-0.4, -0.2) is 43.0 Å². The highest BCUT2D eigenvalue weighted by atomic mass is 35.5. The van der Waals surface area contributed by atoms with Crippen LogP contribution in [0.5, 0.6) is 0 Å². The lowest BCUT2D eigenvalue weighted by Crippen LogP contribution is -2.52. The van der Waals surface area contributed by atoms with Crippen molar-refractivity contribution < 1.29 is 4.79 Å². The molecule has 0 bridgehead atoms. The summed E-state index contributed by atoms with van der Waals surface area (Å²) in [5, 5.41) is 0. The predicted molar refractivity (Wildman–Crippen MR) is 85.6 cm³/mol. The number of piperazine rings is 1. The monoisotopic (exact) mass is 297 g/mol. The van der Waals surface area contributed by atoms with Crippen molar-refractivity contribution in [3.63, 3.8) is 0 Å². The molecule has 1 aliphatic heterocycles. The Bertz CT molecular complexity index is 468. The van der Waals surface area contributed by atoms with Crippen molar-refractivity contribution in [2.24, 2.45) is 5.73 Å². The number of carbonyl (C=O) groups is 1. The summed E-state index contributed by atoms with van der Waals surface area (Å²) in [6.45, 7) is 9.26. The normalized spacial score (nSPS) is 16.6. The lowest BCUT2D eigenvalue weighted by molar-refractivity contribution is -0.132. The second-order valence-corrected chi connectivity index (χ2v) is 5.39. The van der Waals surface area contributed by atoms with E-state index >= 15 is 0 Å². The molecule has 1 atom stereocenters. The second kappa shape index (κ2) is 6.95. The van der Waals surface area contributed by atoms with Gasteiger partial charge < -0.3 is 15.5 Å². The van der Waals surface area contributed by atoms with Gasteiger partial charge in [0, 0.05) is 31.9 Å². The Labute approximate surface area is 127 Å². The number of aryl methyl sites for hydroxylation is 2. The van der Waals surface area contributed by atoms with Crippen LogP contribution in [0.1, 0.15) is 18.1 Å². The fourth-order valence-electron chi connectivity index (χ4n) is 2.52. The average molecular weight is 298 g/mol. The molecule has 0 unspecified atom stereocenters. The van der Waals surface area contributed by atoms with Crippen LogP contribution in [0.3, 0.4) is 0 Å². The van der Waals surface area contributed by atoms with Crippen LogP contribution in [0.15, 0.2) is 18.2 Å². The molecule has 5 heteroatoms. The summed E-state index contributed by atoms with van der Waals surface area (Å²) in [4.78, 5) is 16.1. The summed E-state index contributed by atoms with van der Waals surface area (Å²) in [5.41, 5.74) is 9.50. The first-order valence-corrected chi connectivity index (χ1v) is 6.85. The number of benzene rings is 1. The third kappa shape index (κ3) is 3.64. The average Bonchev–Trinajstić information content (AvgIpc) is 2.41. The van der Waals surface area contributed by atoms with Gasteiger partial charge in [-0.25, -0.2) is 0 Å². The van der Waals surface area contributed by atoms with Crippen LogP contribution in [0.2, 0.25) is 0 Å². The molecule has 2 rings (SSSR count).